The SMILES string of the molecule is NC(=O)c1ccccc1NC(=O)C=Cc1cccc(-c2ccccc2)c1. The third-order valence-corrected chi connectivity index (χ3v) is 3.87. The molecule has 0 aromatic heterocycles. The molecule has 0 spiro atoms. The number of anilines is 1. The van der Waals surface area contributed by atoms with E-state index in [-0.39, 0.29) is 11.5 Å². The van der Waals surface area contributed by atoms with Gasteiger partial charge in [-0.1, -0.05) is 60.7 Å². The highest BCUT2D eigenvalue weighted by molar-refractivity contribution is 6.07. The number of carbonyl (C=O) groups excluding carboxylic acids is 2. The van der Waals surface area contributed by atoms with Crippen LogP contribution in [-0.4, -0.2) is 11.8 Å². The van der Waals surface area contributed by atoms with E-state index in [1.54, 1.807) is 30.3 Å². The van der Waals surface area contributed by atoms with Gasteiger partial charge in [0.25, 0.3) is 5.91 Å². The molecule has 0 radical (unpaired) electrons. The average molecular weight is 342 g/mol. The van der Waals surface area contributed by atoms with E-state index in [1.165, 1.54) is 6.08 Å². The Kier molecular flexibility index (Phi) is 5.25. The molecule has 3 aromatic rings. The van der Waals surface area contributed by atoms with Crippen molar-refractivity contribution in [3.63, 3.8) is 0 Å². The maximum atomic E-state index is 12.2. The number of amides is 2. The van der Waals surface area contributed by atoms with E-state index < -0.39 is 5.91 Å². The third-order valence-electron chi connectivity index (χ3n) is 3.87. The first-order valence-electron chi connectivity index (χ1n) is 8.17. The molecule has 0 aliphatic heterocycles. The summed E-state index contributed by atoms with van der Waals surface area (Å²) in [6.07, 6.45) is 3.16. The van der Waals surface area contributed by atoms with Crippen molar-refractivity contribution in [1.82, 2.24) is 0 Å². The molecule has 4 nitrogen and oxygen atoms in total. The molecule has 2 amide bonds. The molecule has 0 unspecified atom stereocenters. The van der Waals surface area contributed by atoms with Gasteiger partial charge in [-0.3, -0.25) is 9.59 Å². The minimum atomic E-state index is -0.583. The minimum Gasteiger partial charge on any atom is -0.366 e. The Hall–Kier alpha value is -3.66. The number of nitrogens with one attached hydrogen (secondary N) is 1. The molecule has 3 rings (SSSR count). The largest absolute Gasteiger partial charge is 0.366 e. The molecular formula is C22H18N2O2. The fourth-order valence-corrected chi connectivity index (χ4v) is 2.61. The van der Waals surface area contributed by atoms with Crippen molar-refractivity contribution >= 4 is 23.6 Å². The van der Waals surface area contributed by atoms with Crippen molar-refractivity contribution < 1.29 is 9.59 Å². The fraction of sp³-hybridized carbons (Fsp3) is 0. The van der Waals surface area contributed by atoms with Crippen LogP contribution in [0.2, 0.25) is 0 Å². The monoisotopic (exact) mass is 342 g/mol. The van der Waals surface area contributed by atoms with Gasteiger partial charge in [0.05, 0.1) is 11.3 Å². The predicted molar refractivity (Wildman–Crippen MR) is 105 cm³/mol. The maximum Gasteiger partial charge on any atom is 0.250 e. The number of carbonyl (C=O) groups is 2. The lowest BCUT2D eigenvalue weighted by molar-refractivity contribution is -0.111. The quantitative estimate of drug-likeness (QED) is 0.685. The number of primary amides is 1. The van der Waals surface area contributed by atoms with Crippen LogP contribution in [0.25, 0.3) is 17.2 Å². The van der Waals surface area contributed by atoms with E-state index in [9.17, 15) is 9.59 Å². The molecule has 0 atom stereocenters. The van der Waals surface area contributed by atoms with Crippen LogP contribution < -0.4 is 11.1 Å². The van der Waals surface area contributed by atoms with Gasteiger partial charge in [-0.15, -0.1) is 0 Å². The van der Waals surface area contributed by atoms with E-state index in [0.717, 1.165) is 16.7 Å². The van der Waals surface area contributed by atoms with Gasteiger partial charge in [0.1, 0.15) is 0 Å². The maximum absolute atomic E-state index is 12.2. The zero-order chi connectivity index (χ0) is 18.4. The molecule has 0 aliphatic rings. The highest BCUT2D eigenvalue weighted by Crippen LogP contribution is 2.20. The molecule has 0 fully saturated rings. The van der Waals surface area contributed by atoms with Gasteiger partial charge in [0.15, 0.2) is 0 Å². The summed E-state index contributed by atoms with van der Waals surface area (Å²) in [6, 6.07) is 24.6. The van der Waals surface area contributed by atoms with E-state index in [4.69, 9.17) is 5.73 Å². The first-order valence-corrected chi connectivity index (χ1v) is 8.17. The van der Waals surface area contributed by atoms with Gasteiger partial charge in [0.2, 0.25) is 5.91 Å². The smallest absolute Gasteiger partial charge is 0.250 e. The van der Waals surface area contributed by atoms with Crippen LogP contribution >= 0.6 is 0 Å². The van der Waals surface area contributed by atoms with Gasteiger partial charge in [-0.25, -0.2) is 0 Å². The van der Waals surface area contributed by atoms with Gasteiger partial charge >= 0.3 is 0 Å². The summed E-state index contributed by atoms with van der Waals surface area (Å²) >= 11 is 0. The number of rotatable bonds is 5. The first-order chi connectivity index (χ1) is 12.6. The van der Waals surface area contributed by atoms with Gasteiger partial charge in [-0.05, 0) is 41.0 Å². The van der Waals surface area contributed by atoms with Crippen LogP contribution in [0.3, 0.4) is 0 Å². The second kappa shape index (κ2) is 7.94. The summed E-state index contributed by atoms with van der Waals surface area (Å²) in [4.78, 5) is 23.6. The summed E-state index contributed by atoms with van der Waals surface area (Å²) < 4.78 is 0. The Bertz CT molecular complexity index is 963. The Balaban J connectivity index is 1.74. The van der Waals surface area contributed by atoms with Gasteiger partial charge in [-0.2, -0.15) is 0 Å². The van der Waals surface area contributed by atoms with Crippen molar-refractivity contribution in [2.45, 2.75) is 0 Å². The molecule has 0 aliphatic carbocycles. The number of hydrogen-bond acceptors (Lipinski definition) is 2. The predicted octanol–water partition coefficient (Wildman–Crippen LogP) is 4.10. The molecule has 0 saturated heterocycles. The van der Waals surface area contributed by atoms with Gasteiger partial charge in [0, 0.05) is 6.08 Å². The molecule has 26 heavy (non-hydrogen) atoms. The third kappa shape index (κ3) is 4.24. The van der Waals surface area contributed by atoms with E-state index in [2.05, 4.69) is 5.32 Å². The number of para-hydroxylation sites is 1. The molecule has 4 heteroatoms. The van der Waals surface area contributed by atoms with Crippen LogP contribution in [-0.2, 0) is 4.79 Å². The second-order valence-electron chi connectivity index (χ2n) is 5.72. The van der Waals surface area contributed by atoms with Crippen molar-refractivity contribution in [2.75, 3.05) is 5.32 Å². The summed E-state index contributed by atoms with van der Waals surface area (Å²) in [5.74, 6) is -0.913. The summed E-state index contributed by atoms with van der Waals surface area (Å²) in [6.45, 7) is 0. The molecular weight excluding hydrogens is 324 g/mol. The van der Waals surface area contributed by atoms with E-state index in [1.807, 2.05) is 54.6 Å². The van der Waals surface area contributed by atoms with Crippen molar-refractivity contribution in [2.24, 2.45) is 5.73 Å². The normalized spacial score (nSPS) is 10.6. The second-order valence-corrected chi connectivity index (χ2v) is 5.72. The van der Waals surface area contributed by atoms with Crippen LogP contribution in [0, 0.1) is 0 Å². The Morgan fingerprint density at radius 3 is 2.27 bits per heavy atom. The summed E-state index contributed by atoms with van der Waals surface area (Å²) in [5.41, 5.74) is 9.09. The zero-order valence-electron chi connectivity index (χ0n) is 14.1. The van der Waals surface area contributed by atoms with Crippen LogP contribution in [0.4, 0.5) is 5.69 Å². The minimum absolute atomic E-state index is 0.278. The molecule has 3 N–H and O–H groups in total. The number of benzene rings is 3. The molecule has 3 aromatic carbocycles. The standard InChI is InChI=1S/C22H18N2O2/c23-22(26)19-11-4-5-12-20(19)24-21(25)14-13-16-7-6-10-18(15-16)17-8-2-1-3-9-17/h1-15H,(H2,23,26)(H,24,25). The summed E-state index contributed by atoms with van der Waals surface area (Å²) in [5, 5.41) is 2.68. The van der Waals surface area contributed by atoms with Crippen LogP contribution in [0.5, 0.6) is 0 Å². The number of hydrogen-bond donors (Lipinski definition) is 2. The molecule has 128 valence electrons. The lowest BCUT2D eigenvalue weighted by atomic mass is 10.0. The Morgan fingerprint density at radius 2 is 1.50 bits per heavy atom. The summed E-state index contributed by atoms with van der Waals surface area (Å²) in [7, 11) is 0. The highest BCUT2D eigenvalue weighted by atomic mass is 16.2. The lowest BCUT2D eigenvalue weighted by Crippen LogP contribution is -2.16. The number of nitrogens with two attached hydrogens (primary N) is 1. The topological polar surface area (TPSA) is 72.2 Å². The van der Waals surface area contributed by atoms with Crippen molar-refractivity contribution in [3.05, 3.63) is 96.1 Å². The molecule has 0 bridgehead atoms. The molecule has 0 heterocycles. The average Bonchev–Trinajstić information content (AvgIpc) is 2.67. The van der Waals surface area contributed by atoms with Crippen LogP contribution in [0.1, 0.15) is 15.9 Å². The fourth-order valence-electron chi connectivity index (χ4n) is 2.61. The Labute approximate surface area is 152 Å². The van der Waals surface area contributed by atoms with Crippen molar-refractivity contribution in [1.29, 1.82) is 0 Å². The van der Waals surface area contributed by atoms with Gasteiger partial charge < -0.3 is 11.1 Å². The van der Waals surface area contributed by atoms with Crippen LogP contribution in [0.15, 0.2) is 84.9 Å². The highest BCUT2D eigenvalue weighted by Gasteiger charge is 2.08. The van der Waals surface area contributed by atoms with E-state index >= 15 is 0 Å². The Morgan fingerprint density at radius 1 is 0.808 bits per heavy atom. The molecule has 0 saturated carbocycles. The zero-order valence-corrected chi connectivity index (χ0v) is 14.1. The first kappa shape index (κ1) is 17.2. The van der Waals surface area contributed by atoms with E-state index in [0.29, 0.717) is 5.69 Å². The lowest BCUT2D eigenvalue weighted by Gasteiger charge is -2.06. The van der Waals surface area contributed by atoms with Crippen molar-refractivity contribution in [3.8, 4) is 11.1 Å².